The van der Waals surface area contributed by atoms with E-state index in [2.05, 4.69) is 11.1 Å². The van der Waals surface area contributed by atoms with Gasteiger partial charge in [0.2, 0.25) is 0 Å². The van der Waals surface area contributed by atoms with Gasteiger partial charge in [-0.05, 0) is 48.4 Å². The number of aryl methyl sites for hydroxylation is 1. The molecule has 0 saturated carbocycles. The molecule has 148 valence electrons. The summed E-state index contributed by atoms with van der Waals surface area (Å²) in [5, 5.41) is 10.6. The first-order valence-corrected chi connectivity index (χ1v) is 9.69. The first-order valence-electron chi connectivity index (χ1n) is 9.69. The van der Waals surface area contributed by atoms with E-state index >= 15 is 0 Å². The first-order chi connectivity index (χ1) is 14.6. The highest BCUT2D eigenvalue weighted by Gasteiger charge is 2.13. The molecule has 0 radical (unpaired) electrons. The molecule has 0 unspecified atom stereocenters. The lowest BCUT2D eigenvalue weighted by molar-refractivity contribution is 0.0693. The molecule has 0 bridgehead atoms. The summed E-state index contributed by atoms with van der Waals surface area (Å²) in [6.07, 6.45) is 3.95. The smallest absolute Gasteiger partial charge is 0.336 e. The number of hydrogen-bond donors (Lipinski definition) is 1. The van der Waals surface area contributed by atoms with Gasteiger partial charge in [-0.2, -0.15) is 0 Å². The maximum atomic E-state index is 11.5. The summed E-state index contributed by atoms with van der Waals surface area (Å²) < 4.78 is 5.88. The molecular weight excluding hydrogens is 374 g/mol. The lowest BCUT2D eigenvalue weighted by Crippen LogP contribution is -2.07. The van der Waals surface area contributed by atoms with Gasteiger partial charge in [0.1, 0.15) is 12.4 Å². The Hall–Kier alpha value is -3.92. The largest absolute Gasteiger partial charge is 0.489 e. The molecule has 30 heavy (non-hydrogen) atoms. The van der Waals surface area contributed by atoms with Crippen LogP contribution in [0.5, 0.6) is 5.75 Å². The van der Waals surface area contributed by atoms with E-state index in [1.807, 2.05) is 72.8 Å². The summed E-state index contributed by atoms with van der Waals surface area (Å²) in [5.74, 6) is -0.257. The zero-order valence-electron chi connectivity index (χ0n) is 16.6. The molecule has 0 aliphatic carbocycles. The Morgan fingerprint density at radius 2 is 1.80 bits per heavy atom. The molecule has 4 rings (SSSR count). The lowest BCUT2D eigenvalue weighted by atomic mass is 10.0. The zero-order chi connectivity index (χ0) is 20.9. The lowest BCUT2D eigenvalue weighted by Gasteiger charge is -2.11. The van der Waals surface area contributed by atoms with Crippen LogP contribution in [0, 0.1) is 6.92 Å². The number of nitrogens with zero attached hydrogens (tertiary/aromatic N) is 1. The van der Waals surface area contributed by atoms with E-state index in [0.717, 1.165) is 27.7 Å². The van der Waals surface area contributed by atoms with Crippen molar-refractivity contribution in [3.05, 3.63) is 107 Å². The summed E-state index contributed by atoms with van der Waals surface area (Å²) in [6, 6.07) is 25.2. The Morgan fingerprint density at radius 1 is 0.967 bits per heavy atom. The Balaban J connectivity index is 1.49. The molecule has 0 aliphatic rings. The van der Waals surface area contributed by atoms with E-state index in [0.29, 0.717) is 16.9 Å². The summed E-state index contributed by atoms with van der Waals surface area (Å²) in [5.41, 5.74) is 4.50. The molecule has 4 aromatic rings. The molecule has 4 nitrogen and oxygen atoms in total. The predicted molar refractivity (Wildman–Crippen MR) is 120 cm³/mol. The van der Waals surface area contributed by atoms with Gasteiger partial charge in [0.05, 0.1) is 16.8 Å². The van der Waals surface area contributed by atoms with Crippen molar-refractivity contribution in [3.63, 3.8) is 0 Å². The SMILES string of the molecule is Cc1cccc(COc2cccc(C=Cc3ccc4ccccc4n3)c2)c1C(=O)O. The number of carboxylic acid groups (broad SMARTS) is 1. The highest BCUT2D eigenvalue weighted by atomic mass is 16.5. The minimum Gasteiger partial charge on any atom is -0.489 e. The first kappa shape index (κ1) is 19.4. The van der Waals surface area contributed by atoms with Crippen molar-refractivity contribution in [1.29, 1.82) is 0 Å². The number of fused-ring (bicyclic) bond motifs is 1. The third-order valence-corrected chi connectivity index (χ3v) is 4.89. The Labute approximate surface area is 175 Å². The molecular formula is C26H21NO3. The third-order valence-electron chi connectivity index (χ3n) is 4.89. The molecule has 0 amide bonds. The van der Waals surface area contributed by atoms with Crippen LogP contribution >= 0.6 is 0 Å². The number of ether oxygens (including phenoxy) is 1. The maximum Gasteiger partial charge on any atom is 0.336 e. The molecule has 0 fully saturated rings. The minimum absolute atomic E-state index is 0.197. The van der Waals surface area contributed by atoms with Crippen molar-refractivity contribution in [2.75, 3.05) is 0 Å². The Bertz CT molecular complexity index is 1240. The number of benzene rings is 3. The van der Waals surface area contributed by atoms with E-state index in [1.165, 1.54) is 0 Å². The number of hydrogen-bond acceptors (Lipinski definition) is 3. The van der Waals surface area contributed by atoms with Crippen molar-refractivity contribution >= 4 is 29.0 Å². The van der Waals surface area contributed by atoms with Crippen LogP contribution in [0.3, 0.4) is 0 Å². The van der Waals surface area contributed by atoms with E-state index in [9.17, 15) is 9.90 Å². The number of carboxylic acids is 1. The van der Waals surface area contributed by atoms with Crippen LogP contribution < -0.4 is 4.74 Å². The van der Waals surface area contributed by atoms with Crippen LogP contribution in [0.4, 0.5) is 0 Å². The van der Waals surface area contributed by atoms with Gasteiger partial charge in [0.15, 0.2) is 0 Å². The summed E-state index contributed by atoms with van der Waals surface area (Å²) in [4.78, 5) is 16.2. The number of carbonyl (C=O) groups is 1. The van der Waals surface area contributed by atoms with E-state index in [-0.39, 0.29) is 6.61 Å². The van der Waals surface area contributed by atoms with Crippen LogP contribution in [-0.2, 0) is 6.61 Å². The van der Waals surface area contributed by atoms with Gasteiger partial charge < -0.3 is 9.84 Å². The second-order valence-electron chi connectivity index (χ2n) is 7.04. The second kappa shape index (κ2) is 8.62. The standard InChI is InChI=1S/C26H21NO3/c1-18-6-4-9-21(25(18)26(28)29)17-30-23-10-5-7-19(16-23)12-14-22-15-13-20-8-2-3-11-24(20)27-22/h2-16H,17H2,1H3,(H,28,29). The average molecular weight is 395 g/mol. The second-order valence-corrected chi connectivity index (χ2v) is 7.04. The van der Waals surface area contributed by atoms with Crippen LogP contribution in [-0.4, -0.2) is 16.1 Å². The molecule has 1 aromatic heterocycles. The van der Waals surface area contributed by atoms with Crippen molar-refractivity contribution < 1.29 is 14.6 Å². The average Bonchev–Trinajstić information content (AvgIpc) is 2.76. The maximum absolute atomic E-state index is 11.5. The van der Waals surface area contributed by atoms with Crippen LogP contribution in [0.25, 0.3) is 23.1 Å². The minimum atomic E-state index is -0.939. The molecule has 0 spiro atoms. The number of aromatic carboxylic acids is 1. The number of rotatable bonds is 6. The number of para-hydroxylation sites is 1. The highest BCUT2D eigenvalue weighted by Crippen LogP contribution is 2.20. The van der Waals surface area contributed by atoms with E-state index < -0.39 is 5.97 Å². The summed E-state index contributed by atoms with van der Waals surface area (Å²) in [7, 11) is 0. The van der Waals surface area contributed by atoms with Crippen molar-refractivity contribution in [2.24, 2.45) is 0 Å². The fourth-order valence-corrected chi connectivity index (χ4v) is 3.38. The number of pyridine rings is 1. The van der Waals surface area contributed by atoms with Crippen molar-refractivity contribution in [2.45, 2.75) is 13.5 Å². The van der Waals surface area contributed by atoms with Crippen LogP contribution in [0.15, 0.2) is 78.9 Å². The topological polar surface area (TPSA) is 59.4 Å². The van der Waals surface area contributed by atoms with Gasteiger partial charge in [-0.1, -0.05) is 60.7 Å². The molecule has 0 saturated heterocycles. The van der Waals surface area contributed by atoms with Crippen LogP contribution in [0.1, 0.15) is 32.7 Å². The van der Waals surface area contributed by atoms with Gasteiger partial charge in [-0.3, -0.25) is 0 Å². The molecule has 0 aliphatic heterocycles. The summed E-state index contributed by atoms with van der Waals surface area (Å²) in [6.45, 7) is 1.99. The van der Waals surface area contributed by atoms with Gasteiger partial charge in [-0.25, -0.2) is 9.78 Å². The molecule has 1 N–H and O–H groups in total. The van der Waals surface area contributed by atoms with Crippen molar-refractivity contribution in [3.8, 4) is 5.75 Å². The van der Waals surface area contributed by atoms with Crippen molar-refractivity contribution in [1.82, 2.24) is 4.98 Å². The van der Waals surface area contributed by atoms with Gasteiger partial charge in [0, 0.05) is 10.9 Å². The van der Waals surface area contributed by atoms with Crippen LogP contribution in [0.2, 0.25) is 0 Å². The molecule has 3 aromatic carbocycles. The fraction of sp³-hybridized carbons (Fsp3) is 0.0769. The van der Waals surface area contributed by atoms with Gasteiger partial charge in [-0.15, -0.1) is 0 Å². The summed E-state index contributed by atoms with van der Waals surface area (Å²) >= 11 is 0. The highest BCUT2D eigenvalue weighted by molar-refractivity contribution is 5.91. The predicted octanol–water partition coefficient (Wildman–Crippen LogP) is 5.99. The normalized spacial score (nSPS) is 11.1. The van der Waals surface area contributed by atoms with E-state index in [1.54, 1.807) is 19.1 Å². The van der Waals surface area contributed by atoms with E-state index in [4.69, 9.17) is 4.74 Å². The third kappa shape index (κ3) is 4.39. The Kier molecular flexibility index (Phi) is 5.57. The molecule has 4 heteroatoms. The fourth-order valence-electron chi connectivity index (χ4n) is 3.38. The molecule has 1 heterocycles. The molecule has 0 atom stereocenters. The Morgan fingerprint density at radius 3 is 2.67 bits per heavy atom. The van der Waals surface area contributed by atoms with Gasteiger partial charge >= 0.3 is 5.97 Å². The van der Waals surface area contributed by atoms with Gasteiger partial charge in [0.25, 0.3) is 0 Å². The monoisotopic (exact) mass is 395 g/mol. The zero-order valence-corrected chi connectivity index (χ0v) is 16.6. The quantitative estimate of drug-likeness (QED) is 0.436. The number of aromatic nitrogens is 1.